The monoisotopic (exact) mass is 259 g/mol. The standard InChI is InChI=1S/C13H13N3O3/c1-7-2-3-11-8(6-14-7)4-9(19-11)5-10-12(17)16-13(18)15-10/h2-4,10H,5-6H2,1H3,(H2,15,16,17,18). The number of furan rings is 1. The van der Waals surface area contributed by atoms with Crippen LogP contribution in [0.3, 0.4) is 0 Å². The van der Waals surface area contributed by atoms with Crippen molar-refractivity contribution in [3.05, 3.63) is 29.2 Å². The van der Waals surface area contributed by atoms with Crippen molar-refractivity contribution in [3.63, 3.8) is 0 Å². The largest absolute Gasteiger partial charge is 0.461 e. The molecule has 3 amide bonds. The first-order valence-electron chi connectivity index (χ1n) is 6.04. The van der Waals surface area contributed by atoms with Crippen molar-refractivity contribution >= 4 is 23.7 Å². The highest BCUT2D eigenvalue weighted by molar-refractivity contribution is 6.04. The smallest absolute Gasteiger partial charge is 0.322 e. The molecule has 0 radical (unpaired) electrons. The molecule has 19 heavy (non-hydrogen) atoms. The minimum absolute atomic E-state index is 0.319. The summed E-state index contributed by atoms with van der Waals surface area (Å²) in [4.78, 5) is 26.8. The van der Waals surface area contributed by atoms with E-state index in [1.165, 1.54) is 0 Å². The third-order valence-electron chi connectivity index (χ3n) is 3.13. The molecule has 0 spiro atoms. The number of urea groups is 1. The highest BCUT2D eigenvalue weighted by atomic mass is 16.3. The number of hydrogen-bond acceptors (Lipinski definition) is 4. The molecular weight excluding hydrogens is 246 g/mol. The van der Waals surface area contributed by atoms with Crippen LogP contribution in [0.25, 0.3) is 6.08 Å². The van der Waals surface area contributed by atoms with Crippen LogP contribution >= 0.6 is 0 Å². The summed E-state index contributed by atoms with van der Waals surface area (Å²) in [5.41, 5.74) is 1.95. The molecule has 98 valence electrons. The average molecular weight is 259 g/mol. The Morgan fingerprint density at radius 3 is 3.00 bits per heavy atom. The van der Waals surface area contributed by atoms with Gasteiger partial charge in [0.05, 0.1) is 6.54 Å². The number of carbonyl (C=O) groups is 2. The predicted molar refractivity (Wildman–Crippen MR) is 68.7 cm³/mol. The first-order chi connectivity index (χ1) is 9.11. The molecule has 3 heterocycles. The molecule has 0 aromatic carbocycles. The van der Waals surface area contributed by atoms with Gasteiger partial charge in [0.15, 0.2) is 0 Å². The summed E-state index contributed by atoms with van der Waals surface area (Å²) in [7, 11) is 0. The number of allylic oxidation sites excluding steroid dienone is 1. The zero-order valence-electron chi connectivity index (χ0n) is 10.4. The van der Waals surface area contributed by atoms with E-state index in [0.717, 1.165) is 17.0 Å². The predicted octanol–water partition coefficient (Wildman–Crippen LogP) is 1.02. The van der Waals surface area contributed by atoms with Gasteiger partial charge in [-0.2, -0.15) is 0 Å². The van der Waals surface area contributed by atoms with E-state index >= 15 is 0 Å². The highest BCUT2D eigenvalue weighted by Crippen LogP contribution is 2.22. The molecule has 0 bridgehead atoms. The van der Waals surface area contributed by atoms with Crippen LogP contribution in [0.15, 0.2) is 21.6 Å². The SMILES string of the molecule is CC1=NCc2cc(CC3NC(=O)NC3=O)oc2C=C1. The van der Waals surface area contributed by atoms with Crippen molar-refractivity contribution < 1.29 is 14.0 Å². The second-order valence-corrected chi connectivity index (χ2v) is 4.61. The van der Waals surface area contributed by atoms with Gasteiger partial charge >= 0.3 is 6.03 Å². The van der Waals surface area contributed by atoms with Gasteiger partial charge < -0.3 is 9.73 Å². The van der Waals surface area contributed by atoms with Crippen LogP contribution in [-0.4, -0.2) is 23.7 Å². The highest BCUT2D eigenvalue weighted by Gasteiger charge is 2.30. The van der Waals surface area contributed by atoms with Gasteiger partial charge in [0.1, 0.15) is 17.6 Å². The molecule has 1 aromatic rings. The lowest BCUT2D eigenvalue weighted by molar-refractivity contribution is -0.120. The molecule has 1 unspecified atom stereocenters. The summed E-state index contributed by atoms with van der Waals surface area (Å²) in [5, 5.41) is 4.74. The first kappa shape index (κ1) is 11.7. The van der Waals surface area contributed by atoms with E-state index in [2.05, 4.69) is 15.6 Å². The second kappa shape index (κ2) is 4.38. The molecule has 2 N–H and O–H groups in total. The van der Waals surface area contributed by atoms with Gasteiger partial charge in [-0.15, -0.1) is 0 Å². The van der Waals surface area contributed by atoms with Crippen molar-refractivity contribution in [2.45, 2.75) is 25.9 Å². The van der Waals surface area contributed by atoms with E-state index in [9.17, 15) is 9.59 Å². The summed E-state index contributed by atoms with van der Waals surface area (Å²) in [6, 6.07) is 0.874. The number of nitrogens with zero attached hydrogens (tertiary/aromatic N) is 1. The molecule has 6 nitrogen and oxygen atoms in total. The fourth-order valence-electron chi connectivity index (χ4n) is 2.13. The molecule has 2 aliphatic heterocycles. The Morgan fingerprint density at radius 1 is 1.42 bits per heavy atom. The van der Waals surface area contributed by atoms with Gasteiger partial charge in [-0.25, -0.2) is 4.79 Å². The molecule has 1 atom stereocenters. The number of amides is 3. The molecule has 1 fully saturated rings. The molecule has 0 aliphatic carbocycles. The van der Waals surface area contributed by atoms with Gasteiger partial charge in [-0.3, -0.25) is 15.1 Å². The van der Waals surface area contributed by atoms with E-state index in [4.69, 9.17) is 4.42 Å². The lowest BCUT2D eigenvalue weighted by Gasteiger charge is -2.03. The van der Waals surface area contributed by atoms with E-state index in [1.807, 2.05) is 25.1 Å². The lowest BCUT2D eigenvalue weighted by atomic mass is 10.1. The average Bonchev–Trinajstić information content (AvgIpc) is 2.83. The maximum absolute atomic E-state index is 11.5. The van der Waals surface area contributed by atoms with Gasteiger partial charge in [0.2, 0.25) is 0 Å². The third kappa shape index (κ3) is 2.29. The number of aliphatic imine (C=N–C) groups is 1. The topological polar surface area (TPSA) is 83.7 Å². The molecule has 0 saturated carbocycles. The number of carbonyl (C=O) groups excluding carboxylic acids is 2. The van der Waals surface area contributed by atoms with Crippen molar-refractivity contribution in [1.29, 1.82) is 0 Å². The fourth-order valence-corrected chi connectivity index (χ4v) is 2.13. The Hall–Kier alpha value is -2.37. The van der Waals surface area contributed by atoms with Crippen LogP contribution in [0.4, 0.5) is 4.79 Å². The molecule has 1 saturated heterocycles. The zero-order valence-corrected chi connectivity index (χ0v) is 10.4. The molecule has 6 heteroatoms. The minimum atomic E-state index is -0.559. The maximum atomic E-state index is 11.5. The van der Waals surface area contributed by atoms with Crippen molar-refractivity contribution in [3.8, 4) is 0 Å². The van der Waals surface area contributed by atoms with Crippen LogP contribution in [0.5, 0.6) is 0 Å². The van der Waals surface area contributed by atoms with Crippen molar-refractivity contribution in [1.82, 2.24) is 10.6 Å². The number of imide groups is 1. The van der Waals surface area contributed by atoms with Crippen LogP contribution in [0, 0.1) is 0 Å². The van der Waals surface area contributed by atoms with E-state index in [-0.39, 0.29) is 5.91 Å². The summed E-state index contributed by atoms with van der Waals surface area (Å²) in [6.45, 7) is 2.50. The first-order valence-corrected chi connectivity index (χ1v) is 6.04. The van der Waals surface area contributed by atoms with E-state index in [1.54, 1.807) is 0 Å². The van der Waals surface area contributed by atoms with E-state index in [0.29, 0.717) is 18.7 Å². The zero-order chi connectivity index (χ0) is 13.4. The molecular formula is C13H13N3O3. The number of rotatable bonds is 2. The van der Waals surface area contributed by atoms with Crippen LogP contribution in [0.1, 0.15) is 24.0 Å². The Bertz CT molecular complexity index is 613. The number of hydrogen-bond donors (Lipinski definition) is 2. The summed E-state index contributed by atoms with van der Waals surface area (Å²) in [6.07, 6.45) is 4.11. The fraction of sp³-hybridized carbons (Fsp3) is 0.308. The molecule has 3 rings (SSSR count). The summed E-state index contributed by atoms with van der Waals surface area (Å²) < 4.78 is 5.69. The Balaban J connectivity index is 1.78. The quantitative estimate of drug-likeness (QED) is 0.778. The Morgan fingerprint density at radius 2 is 2.26 bits per heavy atom. The summed E-state index contributed by atoms with van der Waals surface area (Å²) >= 11 is 0. The van der Waals surface area contributed by atoms with Gasteiger partial charge in [0.25, 0.3) is 5.91 Å². The Labute approximate surface area is 109 Å². The maximum Gasteiger partial charge on any atom is 0.322 e. The Kier molecular flexibility index (Phi) is 2.70. The van der Waals surface area contributed by atoms with Crippen LogP contribution < -0.4 is 10.6 Å². The second-order valence-electron chi connectivity index (χ2n) is 4.61. The summed E-state index contributed by atoms with van der Waals surface area (Å²) in [5.74, 6) is 1.12. The number of nitrogens with one attached hydrogen (secondary N) is 2. The van der Waals surface area contributed by atoms with Gasteiger partial charge in [-0.1, -0.05) is 0 Å². The van der Waals surface area contributed by atoms with Gasteiger partial charge in [-0.05, 0) is 25.1 Å². The molecule has 2 aliphatic rings. The van der Waals surface area contributed by atoms with Crippen molar-refractivity contribution in [2.24, 2.45) is 4.99 Å². The number of fused-ring (bicyclic) bond motifs is 1. The lowest BCUT2D eigenvalue weighted by Crippen LogP contribution is -2.30. The van der Waals surface area contributed by atoms with Crippen LogP contribution in [-0.2, 0) is 17.8 Å². The van der Waals surface area contributed by atoms with Gasteiger partial charge in [0, 0.05) is 17.7 Å². The minimum Gasteiger partial charge on any atom is -0.461 e. The normalized spacial score (nSPS) is 21.5. The van der Waals surface area contributed by atoms with Crippen LogP contribution in [0.2, 0.25) is 0 Å². The third-order valence-corrected chi connectivity index (χ3v) is 3.13. The van der Waals surface area contributed by atoms with E-state index < -0.39 is 12.1 Å². The molecule has 1 aromatic heterocycles. The van der Waals surface area contributed by atoms with Crippen molar-refractivity contribution in [2.75, 3.05) is 0 Å².